The maximum absolute atomic E-state index is 9.28. The monoisotopic (exact) mass is 332 g/mol. The third-order valence-electron chi connectivity index (χ3n) is 5.21. The molecule has 0 aliphatic carbocycles. The van der Waals surface area contributed by atoms with Gasteiger partial charge in [-0.05, 0) is 56.8 Å². The van der Waals surface area contributed by atoms with Gasteiger partial charge in [0.05, 0.1) is 4.70 Å². The van der Waals surface area contributed by atoms with E-state index in [0.29, 0.717) is 18.6 Å². The summed E-state index contributed by atoms with van der Waals surface area (Å²) in [5.74, 6) is 0.515. The van der Waals surface area contributed by atoms with Crippen LogP contribution in [0.15, 0.2) is 18.3 Å². The largest absolute Gasteiger partial charge is 0.396 e. The summed E-state index contributed by atoms with van der Waals surface area (Å²) in [6, 6.07) is 4.66. The average molecular weight is 332 g/mol. The number of fused-ring (bicyclic) bond motifs is 1. The molecule has 2 aromatic rings. The van der Waals surface area contributed by atoms with Crippen molar-refractivity contribution in [2.24, 2.45) is 5.92 Å². The minimum Gasteiger partial charge on any atom is -0.396 e. The van der Waals surface area contributed by atoms with Crippen LogP contribution >= 0.6 is 11.3 Å². The number of aliphatic hydroxyl groups is 1. The van der Waals surface area contributed by atoms with Crippen LogP contribution in [0.2, 0.25) is 0 Å². The Morgan fingerprint density at radius 1 is 1.22 bits per heavy atom. The van der Waals surface area contributed by atoms with E-state index in [0.717, 1.165) is 49.8 Å². The first-order valence-electron chi connectivity index (χ1n) is 8.65. The molecule has 5 nitrogen and oxygen atoms in total. The second-order valence-corrected chi connectivity index (χ2v) is 7.75. The zero-order valence-corrected chi connectivity index (χ0v) is 14.2. The molecule has 0 saturated carbocycles. The Morgan fingerprint density at radius 2 is 2.09 bits per heavy atom. The Balaban J connectivity index is 1.44. The number of aromatic nitrogens is 2. The number of hydrogen-bond donors (Lipinski definition) is 1. The maximum Gasteiger partial charge on any atom is 0.188 e. The second-order valence-electron chi connectivity index (χ2n) is 6.74. The van der Waals surface area contributed by atoms with Gasteiger partial charge in [-0.15, -0.1) is 0 Å². The molecule has 0 aromatic carbocycles. The normalized spacial score (nSPS) is 23.9. The lowest BCUT2D eigenvalue weighted by Gasteiger charge is -2.35. The Labute approximate surface area is 141 Å². The van der Waals surface area contributed by atoms with E-state index in [1.54, 1.807) is 11.3 Å². The number of anilines is 1. The fourth-order valence-electron chi connectivity index (χ4n) is 3.81. The number of pyridine rings is 1. The molecule has 4 rings (SSSR count). The summed E-state index contributed by atoms with van der Waals surface area (Å²) in [4.78, 5) is 14.2. The van der Waals surface area contributed by atoms with Gasteiger partial charge in [0.1, 0.15) is 0 Å². The molecular formula is C17H24N4OS. The van der Waals surface area contributed by atoms with Crippen molar-refractivity contribution in [3.05, 3.63) is 18.3 Å². The third-order valence-corrected chi connectivity index (χ3v) is 6.26. The molecule has 1 N–H and O–H groups in total. The van der Waals surface area contributed by atoms with Gasteiger partial charge in [0, 0.05) is 31.9 Å². The van der Waals surface area contributed by atoms with Crippen LogP contribution in [0.4, 0.5) is 5.13 Å². The molecule has 1 atom stereocenters. The molecule has 0 amide bonds. The minimum atomic E-state index is 0.349. The first-order chi connectivity index (χ1) is 11.3. The molecule has 23 heavy (non-hydrogen) atoms. The van der Waals surface area contributed by atoms with Crippen molar-refractivity contribution in [2.75, 3.05) is 37.7 Å². The van der Waals surface area contributed by atoms with Crippen molar-refractivity contribution in [3.8, 4) is 0 Å². The number of aliphatic hydroxyl groups excluding tert-OH is 1. The van der Waals surface area contributed by atoms with Crippen molar-refractivity contribution < 1.29 is 5.11 Å². The maximum atomic E-state index is 9.28. The summed E-state index contributed by atoms with van der Waals surface area (Å²) in [7, 11) is 0. The first kappa shape index (κ1) is 15.3. The highest BCUT2D eigenvalue weighted by atomic mass is 32.1. The van der Waals surface area contributed by atoms with E-state index in [9.17, 15) is 5.11 Å². The number of rotatable bonds is 4. The average Bonchev–Trinajstić information content (AvgIpc) is 3.21. The quantitative estimate of drug-likeness (QED) is 0.931. The predicted molar refractivity (Wildman–Crippen MR) is 94.0 cm³/mol. The van der Waals surface area contributed by atoms with Crippen LogP contribution in [-0.2, 0) is 0 Å². The first-order valence-corrected chi connectivity index (χ1v) is 9.46. The molecule has 0 spiro atoms. The van der Waals surface area contributed by atoms with E-state index >= 15 is 0 Å². The van der Waals surface area contributed by atoms with Crippen LogP contribution in [0.3, 0.4) is 0 Å². The van der Waals surface area contributed by atoms with Crippen LogP contribution in [0.1, 0.15) is 25.7 Å². The lowest BCUT2D eigenvalue weighted by Crippen LogP contribution is -2.44. The molecule has 2 fully saturated rings. The molecule has 6 heteroatoms. The van der Waals surface area contributed by atoms with Crippen molar-refractivity contribution in [1.29, 1.82) is 0 Å². The second kappa shape index (κ2) is 6.71. The van der Waals surface area contributed by atoms with Crippen molar-refractivity contribution in [1.82, 2.24) is 14.9 Å². The van der Waals surface area contributed by atoms with Crippen LogP contribution in [0.25, 0.3) is 10.3 Å². The summed E-state index contributed by atoms with van der Waals surface area (Å²) in [6.07, 6.45) is 6.59. The molecular weight excluding hydrogens is 308 g/mol. The van der Waals surface area contributed by atoms with Crippen molar-refractivity contribution in [3.63, 3.8) is 0 Å². The highest BCUT2D eigenvalue weighted by molar-refractivity contribution is 7.22. The molecule has 2 aromatic heterocycles. The van der Waals surface area contributed by atoms with Gasteiger partial charge < -0.3 is 14.9 Å². The number of hydrogen-bond acceptors (Lipinski definition) is 6. The van der Waals surface area contributed by atoms with Gasteiger partial charge in [0.15, 0.2) is 10.8 Å². The fourth-order valence-corrected chi connectivity index (χ4v) is 4.83. The van der Waals surface area contributed by atoms with E-state index in [1.165, 1.54) is 17.5 Å². The van der Waals surface area contributed by atoms with E-state index < -0.39 is 0 Å². The van der Waals surface area contributed by atoms with Crippen LogP contribution in [-0.4, -0.2) is 58.8 Å². The Hall–Kier alpha value is -1.24. The molecule has 124 valence electrons. The smallest absolute Gasteiger partial charge is 0.188 e. The van der Waals surface area contributed by atoms with Crippen LogP contribution in [0.5, 0.6) is 0 Å². The number of piperidine rings is 1. The highest BCUT2D eigenvalue weighted by Gasteiger charge is 2.30. The van der Waals surface area contributed by atoms with Gasteiger partial charge in [-0.1, -0.05) is 11.3 Å². The fraction of sp³-hybridized carbons (Fsp3) is 0.647. The summed E-state index contributed by atoms with van der Waals surface area (Å²) in [6.45, 7) is 4.83. The van der Waals surface area contributed by atoms with Crippen LogP contribution in [0, 0.1) is 5.92 Å². The van der Waals surface area contributed by atoms with E-state index in [4.69, 9.17) is 4.98 Å². The van der Waals surface area contributed by atoms with E-state index in [-0.39, 0.29) is 0 Å². The molecule has 2 aliphatic heterocycles. The van der Waals surface area contributed by atoms with Gasteiger partial charge in [-0.2, -0.15) is 4.98 Å². The number of nitrogens with zero attached hydrogens (tertiary/aromatic N) is 4. The minimum absolute atomic E-state index is 0.349. The zero-order valence-electron chi connectivity index (χ0n) is 13.4. The lowest BCUT2D eigenvalue weighted by atomic mass is 9.97. The van der Waals surface area contributed by atoms with E-state index in [1.807, 2.05) is 12.3 Å². The molecule has 0 radical (unpaired) electrons. The van der Waals surface area contributed by atoms with Crippen molar-refractivity contribution >= 4 is 26.8 Å². The highest BCUT2D eigenvalue weighted by Crippen LogP contribution is 2.33. The molecule has 2 aliphatic rings. The number of thiazole rings is 1. The summed E-state index contributed by atoms with van der Waals surface area (Å²) in [5, 5.41) is 10.4. The number of likely N-dealkylation sites (tertiary alicyclic amines) is 1. The van der Waals surface area contributed by atoms with E-state index in [2.05, 4.69) is 20.9 Å². The third kappa shape index (κ3) is 3.20. The molecule has 2 saturated heterocycles. The molecule has 4 heterocycles. The summed E-state index contributed by atoms with van der Waals surface area (Å²) < 4.78 is 1.18. The van der Waals surface area contributed by atoms with Crippen LogP contribution < -0.4 is 4.90 Å². The van der Waals surface area contributed by atoms with Crippen molar-refractivity contribution in [2.45, 2.75) is 31.7 Å². The zero-order chi connectivity index (χ0) is 15.6. The Kier molecular flexibility index (Phi) is 4.46. The van der Waals surface area contributed by atoms with Gasteiger partial charge in [-0.25, -0.2) is 4.98 Å². The predicted octanol–water partition coefficient (Wildman–Crippen LogP) is 2.36. The lowest BCUT2D eigenvalue weighted by molar-refractivity contribution is 0.127. The molecule has 0 bridgehead atoms. The standard InChI is InChI=1S/C17H24N4OS/c22-12-13-5-9-20(10-6-13)11-14-3-2-8-21(14)17-19-16-15(23-17)4-1-7-18-16/h1,4,7,13-14,22H,2-3,5-6,8-12H2/t14-/m0/s1. The SMILES string of the molecule is OCC1CCN(C[C@@H]2CCCN2c2nc3ncccc3s2)CC1. The summed E-state index contributed by atoms with van der Waals surface area (Å²) >= 11 is 1.77. The topological polar surface area (TPSA) is 52.5 Å². The summed E-state index contributed by atoms with van der Waals surface area (Å²) in [5.41, 5.74) is 0.877. The van der Waals surface area contributed by atoms with Gasteiger partial charge >= 0.3 is 0 Å². The van der Waals surface area contributed by atoms with Gasteiger partial charge in [-0.3, -0.25) is 0 Å². The van der Waals surface area contributed by atoms with Gasteiger partial charge in [0.25, 0.3) is 0 Å². The van der Waals surface area contributed by atoms with Gasteiger partial charge in [0.2, 0.25) is 0 Å². The Bertz CT molecular complexity index is 620. The molecule has 0 unspecified atom stereocenters. The Morgan fingerprint density at radius 3 is 2.87 bits per heavy atom.